The molecule has 0 radical (unpaired) electrons. The van der Waals surface area contributed by atoms with E-state index in [1.807, 2.05) is 0 Å². The highest BCUT2D eigenvalue weighted by Crippen LogP contribution is 2.13. The van der Waals surface area contributed by atoms with Crippen LogP contribution in [-0.4, -0.2) is 18.4 Å². The third-order valence-electron chi connectivity index (χ3n) is 4.70. The first-order chi connectivity index (χ1) is 12.7. The molecule has 0 unspecified atom stereocenters. The summed E-state index contributed by atoms with van der Waals surface area (Å²) >= 11 is 0. The van der Waals surface area contributed by atoms with E-state index in [2.05, 4.69) is 6.92 Å². The van der Waals surface area contributed by atoms with Crippen LogP contribution in [0.2, 0.25) is 0 Å². The number of rotatable bonds is 19. The van der Waals surface area contributed by atoms with Crippen molar-refractivity contribution in [1.82, 2.24) is 0 Å². The molecule has 0 heterocycles. The average Bonchev–Trinajstić information content (AvgIpc) is 2.62. The van der Waals surface area contributed by atoms with Crippen molar-refractivity contribution in [2.45, 2.75) is 117 Å². The second-order valence-electron chi connectivity index (χ2n) is 7.41. The lowest BCUT2D eigenvalue weighted by Crippen LogP contribution is -2.02. The molecule has 3 nitrogen and oxygen atoms in total. The number of hydrogen-bond donors (Lipinski definition) is 0. The van der Waals surface area contributed by atoms with Crippen LogP contribution in [0.4, 0.5) is 0 Å². The van der Waals surface area contributed by atoms with Crippen molar-refractivity contribution in [1.29, 1.82) is 0 Å². The van der Waals surface area contributed by atoms with Crippen LogP contribution in [0.1, 0.15) is 117 Å². The molecule has 0 bridgehead atoms. The minimum absolute atomic E-state index is 0.135. The van der Waals surface area contributed by atoms with Crippen molar-refractivity contribution in [3.05, 3.63) is 12.2 Å². The summed E-state index contributed by atoms with van der Waals surface area (Å²) in [7, 11) is 0. The molecule has 0 aliphatic carbocycles. The van der Waals surface area contributed by atoms with E-state index < -0.39 is 5.97 Å². The summed E-state index contributed by atoms with van der Waals surface area (Å²) < 4.78 is 5.03. The average molecular weight is 367 g/mol. The first kappa shape index (κ1) is 24.9. The fourth-order valence-electron chi connectivity index (χ4n) is 3.06. The zero-order chi connectivity index (χ0) is 19.3. The predicted octanol–water partition coefficient (Wildman–Crippen LogP) is 6.94. The van der Waals surface area contributed by atoms with Crippen molar-refractivity contribution >= 4 is 11.8 Å². The number of unbranched alkanes of at least 4 members (excludes halogenated alkanes) is 15. The molecule has 0 aromatic rings. The van der Waals surface area contributed by atoms with Crippen LogP contribution in [-0.2, 0) is 14.3 Å². The Balaban J connectivity index is 3.13. The quantitative estimate of drug-likeness (QED) is 0.141. The second kappa shape index (κ2) is 20.2. The highest BCUT2D eigenvalue weighted by molar-refractivity contribution is 5.94. The summed E-state index contributed by atoms with van der Waals surface area (Å²) in [6, 6.07) is 0. The lowest BCUT2D eigenvalue weighted by atomic mass is 10.0. The fraction of sp³-hybridized carbons (Fsp3) is 0.826. The van der Waals surface area contributed by atoms with Gasteiger partial charge in [-0.2, -0.15) is 0 Å². The van der Waals surface area contributed by atoms with Crippen LogP contribution in [0, 0.1) is 0 Å². The van der Waals surface area contributed by atoms with Gasteiger partial charge in [-0.05, 0) is 19.4 Å². The number of hydrogen-bond acceptors (Lipinski definition) is 3. The molecular weight excluding hydrogens is 324 g/mol. The lowest BCUT2D eigenvalue weighted by molar-refractivity contribution is -0.138. The van der Waals surface area contributed by atoms with Crippen molar-refractivity contribution in [3.63, 3.8) is 0 Å². The van der Waals surface area contributed by atoms with Gasteiger partial charge >= 0.3 is 5.97 Å². The van der Waals surface area contributed by atoms with Gasteiger partial charge in [0.1, 0.15) is 0 Å². The van der Waals surface area contributed by atoms with Gasteiger partial charge in [0.25, 0.3) is 0 Å². The molecule has 0 aliphatic rings. The van der Waals surface area contributed by atoms with Crippen molar-refractivity contribution in [2.75, 3.05) is 6.61 Å². The maximum Gasteiger partial charge on any atom is 0.330 e. The Morgan fingerprint density at radius 2 is 1.00 bits per heavy atom. The second-order valence-corrected chi connectivity index (χ2v) is 7.41. The van der Waals surface area contributed by atoms with Crippen LogP contribution in [0.25, 0.3) is 0 Å². The molecule has 0 saturated carbocycles. The normalized spacial score (nSPS) is 11.2. The first-order valence-electron chi connectivity index (χ1n) is 11.0. The van der Waals surface area contributed by atoms with Crippen LogP contribution in [0.5, 0.6) is 0 Å². The molecule has 0 saturated heterocycles. The SMILES string of the molecule is CCCCCCCCCCCCCCCCCCOC(=O)/C=C/C(C)=O. The molecule has 152 valence electrons. The number of esters is 1. The molecule has 0 rings (SSSR count). The summed E-state index contributed by atoms with van der Waals surface area (Å²) in [6.45, 7) is 4.15. The number of ketones is 1. The maximum absolute atomic E-state index is 11.2. The third-order valence-corrected chi connectivity index (χ3v) is 4.70. The summed E-state index contributed by atoms with van der Waals surface area (Å²) in [5.41, 5.74) is 0. The Morgan fingerprint density at radius 3 is 1.38 bits per heavy atom. The van der Waals surface area contributed by atoms with Gasteiger partial charge in [-0.1, -0.05) is 103 Å². The molecule has 0 atom stereocenters. The van der Waals surface area contributed by atoms with Crippen LogP contribution >= 0.6 is 0 Å². The van der Waals surface area contributed by atoms with Gasteiger partial charge in [0.2, 0.25) is 0 Å². The number of allylic oxidation sites excluding steroid dienone is 1. The molecule has 0 fully saturated rings. The number of carbonyl (C=O) groups is 2. The Labute approximate surface area is 162 Å². The van der Waals surface area contributed by atoms with E-state index in [9.17, 15) is 9.59 Å². The van der Waals surface area contributed by atoms with E-state index in [-0.39, 0.29) is 5.78 Å². The molecule has 0 amide bonds. The Kier molecular flexibility index (Phi) is 19.3. The molecule has 0 spiro atoms. The summed E-state index contributed by atoms with van der Waals surface area (Å²) in [4.78, 5) is 21.9. The molecule has 3 heteroatoms. The van der Waals surface area contributed by atoms with E-state index in [4.69, 9.17) is 4.74 Å². The zero-order valence-corrected chi connectivity index (χ0v) is 17.4. The molecule has 0 aliphatic heterocycles. The van der Waals surface area contributed by atoms with E-state index in [1.54, 1.807) is 0 Å². The van der Waals surface area contributed by atoms with Gasteiger partial charge in [-0.25, -0.2) is 4.79 Å². The summed E-state index contributed by atoms with van der Waals surface area (Å²) in [5, 5.41) is 0. The van der Waals surface area contributed by atoms with Gasteiger partial charge < -0.3 is 4.74 Å². The van der Waals surface area contributed by atoms with Crippen molar-refractivity contribution in [3.8, 4) is 0 Å². The summed E-state index contributed by atoms with van der Waals surface area (Å²) in [5.74, 6) is -0.550. The molecule has 0 N–H and O–H groups in total. The standard InChI is InChI=1S/C23H42O3/c1-3-4-5-6-7-8-9-10-11-12-13-14-15-16-17-18-21-26-23(25)20-19-22(2)24/h19-20H,3-18,21H2,1-2H3/b20-19+. The van der Waals surface area contributed by atoms with Crippen LogP contribution in [0.15, 0.2) is 12.2 Å². The van der Waals surface area contributed by atoms with Crippen molar-refractivity contribution in [2.24, 2.45) is 0 Å². The number of ether oxygens (including phenoxy) is 1. The van der Waals surface area contributed by atoms with Gasteiger partial charge in [-0.3, -0.25) is 4.79 Å². The van der Waals surface area contributed by atoms with Gasteiger partial charge in [0.05, 0.1) is 6.61 Å². The third kappa shape index (κ3) is 20.9. The van der Waals surface area contributed by atoms with E-state index in [0.29, 0.717) is 6.61 Å². The van der Waals surface area contributed by atoms with E-state index >= 15 is 0 Å². The molecule has 26 heavy (non-hydrogen) atoms. The Morgan fingerprint density at radius 1 is 0.615 bits per heavy atom. The Bertz CT molecular complexity index is 360. The van der Waals surface area contributed by atoms with Crippen LogP contribution in [0.3, 0.4) is 0 Å². The monoisotopic (exact) mass is 366 g/mol. The topological polar surface area (TPSA) is 43.4 Å². The largest absolute Gasteiger partial charge is 0.463 e. The first-order valence-corrected chi connectivity index (χ1v) is 11.0. The van der Waals surface area contributed by atoms with Gasteiger partial charge in [0, 0.05) is 6.08 Å². The minimum Gasteiger partial charge on any atom is -0.463 e. The fourth-order valence-corrected chi connectivity index (χ4v) is 3.06. The Hall–Kier alpha value is -1.12. The minimum atomic E-state index is -0.416. The molecular formula is C23H42O3. The number of carbonyl (C=O) groups excluding carboxylic acids is 2. The van der Waals surface area contributed by atoms with Gasteiger partial charge in [-0.15, -0.1) is 0 Å². The molecule has 0 aromatic carbocycles. The lowest BCUT2D eigenvalue weighted by Gasteiger charge is -2.04. The molecule has 0 aromatic heterocycles. The van der Waals surface area contributed by atoms with E-state index in [1.165, 1.54) is 109 Å². The smallest absolute Gasteiger partial charge is 0.330 e. The van der Waals surface area contributed by atoms with Crippen molar-refractivity contribution < 1.29 is 14.3 Å². The maximum atomic E-state index is 11.2. The predicted molar refractivity (Wildman–Crippen MR) is 110 cm³/mol. The van der Waals surface area contributed by atoms with E-state index in [0.717, 1.165) is 12.8 Å². The highest BCUT2D eigenvalue weighted by atomic mass is 16.5. The van der Waals surface area contributed by atoms with Gasteiger partial charge in [0.15, 0.2) is 5.78 Å². The highest BCUT2D eigenvalue weighted by Gasteiger charge is 1.98. The zero-order valence-electron chi connectivity index (χ0n) is 17.4. The van der Waals surface area contributed by atoms with Crippen LogP contribution < -0.4 is 0 Å². The summed E-state index contributed by atoms with van der Waals surface area (Å²) in [6.07, 6.45) is 23.8.